The summed E-state index contributed by atoms with van der Waals surface area (Å²) < 4.78 is 7.69. The number of fused-ring (bicyclic) bond motifs is 1. The predicted octanol–water partition coefficient (Wildman–Crippen LogP) is 3.45. The molecule has 1 unspecified atom stereocenters. The summed E-state index contributed by atoms with van der Waals surface area (Å²) in [6.07, 6.45) is 3.56. The molecule has 0 spiro atoms. The Morgan fingerprint density at radius 1 is 1.38 bits per heavy atom. The number of hydrogen-bond acceptors (Lipinski definition) is 3. The molecule has 4 nitrogen and oxygen atoms in total. The number of rotatable bonds is 2. The number of aromatic nitrogens is 2. The number of hydrogen-bond donors (Lipinski definition) is 0. The van der Waals surface area contributed by atoms with Crippen LogP contribution in [0.5, 0.6) is 0 Å². The lowest BCUT2D eigenvalue weighted by Gasteiger charge is -2.40. The number of carbonyl (C=O) groups is 1. The van der Waals surface area contributed by atoms with Gasteiger partial charge in [-0.25, -0.2) is 9.78 Å². The van der Waals surface area contributed by atoms with Crippen molar-refractivity contribution in [1.29, 1.82) is 0 Å². The number of imidazole rings is 1. The smallest absolute Gasteiger partial charge is 0.339 e. The molecule has 0 aliphatic carbocycles. The van der Waals surface area contributed by atoms with Crippen LogP contribution in [0.4, 0.5) is 0 Å². The quantitative estimate of drug-likeness (QED) is 0.792. The average Bonchev–Trinajstić information content (AvgIpc) is 2.87. The molecule has 1 atom stereocenters. The summed E-state index contributed by atoms with van der Waals surface area (Å²) in [7, 11) is 0. The Morgan fingerprint density at radius 2 is 2.10 bits per heavy atom. The highest BCUT2D eigenvalue weighted by molar-refractivity contribution is 5.93. The van der Waals surface area contributed by atoms with E-state index in [-0.39, 0.29) is 12.0 Å². The zero-order chi connectivity index (χ0) is 15.2. The minimum Gasteiger partial charge on any atom is -0.453 e. The predicted molar refractivity (Wildman–Crippen MR) is 81.0 cm³/mol. The molecule has 1 aromatic carbocycles. The molecule has 4 heteroatoms. The average molecular weight is 282 g/mol. The zero-order valence-corrected chi connectivity index (χ0v) is 12.5. The summed E-state index contributed by atoms with van der Waals surface area (Å²) in [6, 6.07) is 7.45. The van der Waals surface area contributed by atoms with Gasteiger partial charge in [0.2, 0.25) is 0 Å². The first kappa shape index (κ1) is 13.6. The van der Waals surface area contributed by atoms with E-state index in [0.717, 1.165) is 16.8 Å². The second kappa shape index (κ2) is 4.58. The molecule has 3 rings (SSSR count). The van der Waals surface area contributed by atoms with E-state index in [0.29, 0.717) is 5.56 Å². The maximum absolute atomic E-state index is 12.2. The van der Waals surface area contributed by atoms with Crippen molar-refractivity contribution >= 4 is 11.5 Å². The van der Waals surface area contributed by atoms with Gasteiger partial charge in [-0.05, 0) is 38.0 Å². The molecule has 0 amide bonds. The third-order valence-electron chi connectivity index (χ3n) is 3.87. The molecule has 0 saturated heterocycles. The van der Waals surface area contributed by atoms with E-state index in [1.165, 1.54) is 0 Å². The van der Waals surface area contributed by atoms with Crippen molar-refractivity contribution in [3.63, 3.8) is 0 Å². The SMILES string of the molecule is C=C(C)c1cncn1C1c2ccccc2C(=O)OC1(C)C. The number of esters is 1. The van der Waals surface area contributed by atoms with Crippen LogP contribution in [-0.2, 0) is 4.74 Å². The van der Waals surface area contributed by atoms with Gasteiger partial charge in [-0.1, -0.05) is 24.8 Å². The van der Waals surface area contributed by atoms with Crippen LogP contribution in [0.2, 0.25) is 0 Å². The second-order valence-corrected chi connectivity index (χ2v) is 5.95. The van der Waals surface area contributed by atoms with Crippen LogP contribution in [0, 0.1) is 0 Å². The van der Waals surface area contributed by atoms with Crippen molar-refractivity contribution in [2.75, 3.05) is 0 Å². The Kier molecular flexibility index (Phi) is 2.97. The Balaban J connectivity index is 2.24. The van der Waals surface area contributed by atoms with E-state index in [1.54, 1.807) is 18.6 Å². The topological polar surface area (TPSA) is 44.1 Å². The Morgan fingerprint density at radius 3 is 2.81 bits per heavy atom. The lowest BCUT2D eigenvalue weighted by Crippen LogP contribution is -2.43. The number of nitrogens with zero attached hydrogens (tertiary/aromatic N) is 2. The standard InChI is InChI=1S/C17H18N2O2/c1-11(2)14-9-18-10-19(14)15-12-7-5-6-8-13(12)16(20)21-17(15,3)4/h5-10,15H,1H2,2-4H3. The van der Waals surface area contributed by atoms with E-state index in [4.69, 9.17) is 4.74 Å². The van der Waals surface area contributed by atoms with Crippen molar-refractivity contribution in [3.05, 3.63) is 60.2 Å². The first-order valence-electron chi connectivity index (χ1n) is 6.92. The highest BCUT2D eigenvalue weighted by Crippen LogP contribution is 2.40. The molecule has 2 aromatic rings. The molecular weight excluding hydrogens is 264 g/mol. The molecule has 2 heterocycles. The molecule has 1 aromatic heterocycles. The van der Waals surface area contributed by atoms with Crippen molar-refractivity contribution in [1.82, 2.24) is 9.55 Å². The highest BCUT2D eigenvalue weighted by Gasteiger charge is 2.43. The maximum Gasteiger partial charge on any atom is 0.339 e. The van der Waals surface area contributed by atoms with E-state index < -0.39 is 5.60 Å². The van der Waals surface area contributed by atoms with Crippen molar-refractivity contribution < 1.29 is 9.53 Å². The lowest BCUT2D eigenvalue weighted by molar-refractivity contribution is -0.0262. The van der Waals surface area contributed by atoms with Gasteiger partial charge in [0.05, 0.1) is 23.8 Å². The van der Waals surface area contributed by atoms with Gasteiger partial charge in [0.1, 0.15) is 11.6 Å². The van der Waals surface area contributed by atoms with E-state index >= 15 is 0 Å². The molecule has 0 fully saturated rings. The molecule has 1 aliphatic heterocycles. The third-order valence-corrected chi connectivity index (χ3v) is 3.87. The Bertz CT molecular complexity index is 728. The summed E-state index contributed by atoms with van der Waals surface area (Å²) >= 11 is 0. The summed E-state index contributed by atoms with van der Waals surface area (Å²) in [5, 5.41) is 0. The monoisotopic (exact) mass is 282 g/mol. The minimum absolute atomic E-state index is 0.124. The van der Waals surface area contributed by atoms with Crippen LogP contribution in [0.25, 0.3) is 5.57 Å². The normalized spacial score (nSPS) is 19.8. The fraction of sp³-hybridized carbons (Fsp3) is 0.294. The largest absolute Gasteiger partial charge is 0.453 e. The van der Waals surface area contributed by atoms with Crippen molar-refractivity contribution in [2.45, 2.75) is 32.4 Å². The van der Waals surface area contributed by atoms with Crippen LogP contribution >= 0.6 is 0 Å². The molecular formula is C17H18N2O2. The van der Waals surface area contributed by atoms with Gasteiger partial charge in [0.15, 0.2) is 0 Å². The van der Waals surface area contributed by atoms with Gasteiger partial charge >= 0.3 is 5.97 Å². The fourth-order valence-corrected chi connectivity index (χ4v) is 2.97. The van der Waals surface area contributed by atoms with E-state index in [9.17, 15) is 4.79 Å². The van der Waals surface area contributed by atoms with Crippen molar-refractivity contribution in [3.8, 4) is 0 Å². The van der Waals surface area contributed by atoms with Crippen LogP contribution in [0.15, 0.2) is 43.4 Å². The van der Waals surface area contributed by atoms with Crippen molar-refractivity contribution in [2.24, 2.45) is 0 Å². The molecule has 108 valence electrons. The lowest BCUT2D eigenvalue weighted by atomic mass is 9.85. The van der Waals surface area contributed by atoms with Crippen LogP contribution in [0.1, 0.15) is 48.4 Å². The van der Waals surface area contributed by atoms with Gasteiger partial charge in [-0.2, -0.15) is 0 Å². The number of benzene rings is 1. The summed E-state index contributed by atoms with van der Waals surface area (Å²) in [5.41, 5.74) is 2.79. The van der Waals surface area contributed by atoms with Gasteiger partial charge in [0.25, 0.3) is 0 Å². The molecule has 0 saturated carbocycles. The number of carbonyl (C=O) groups excluding carboxylic acids is 1. The van der Waals surface area contributed by atoms with Gasteiger partial charge in [-0.15, -0.1) is 0 Å². The summed E-state index contributed by atoms with van der Waals surface area (Å²) in [5.74, 6) is -0.274. The zero-order valence-electron chi connectivity index (χ0n) is 12.5. The number of ether oxygens (including phenoxy) is 1. The Labute approximate surface area is 124 Å². The third kappa shape index (κ3) is 2.07. The molecule has 21 heavy (non-hydrogen) atoms. The fourth-order valence-electron chi connectivity index (χ4n) is 2.97. The summed E-state index contributed by atoms with van der Waals surface area (Å²) in [4.78, 5) is 16.4. The van der Waals surface area contributed by atoms with Gasteiger partial charge < -0.3 is 9.30 Å². The molecule has 1 aliphatic rings. The second-order valence-electron chi connectivity index (χ2n) is 5.95. The first-order chi connectivity index (χ1) is 9.92. The minimum atomic E-state index is -0.656. The molecule has 0 N–H and O–H groups in total. The van der Waals surface area contributed by atoms with Gasteiger partial charge in [0, 0.05) is 0 Å². The van der Waals surface area contributed by atoms with Crippen LogP contribution in [-0.4, -0.2) is 21.1 Å². The Hall–Kier alpha value is -2.36. The first-order valence-corrected chi connectivity index (χ1v) is 6.92. The summed E-state index contributed by atoms with van der Waals surface area (Å²) in [6.45, 7) is 9.80. The maximum atomic E-state index is 12.2. The van der Waals surface area contributed by atoms with Crippen LogP contribution in [0.3, 0.4) is 0 Å². The van der Waals surface area contributed by atoms with Gasteiger partial charge in [-0.3, -0.25) is 0 Å². The van der Waals surface area contributed by atoms with E-state index in [1.807, 2.05) is 43.5 Å². The highest BCUT2D eigenvalue weighted by atomic mass is 16.6. The molecule has 0 radical (unpaired) electrons. The van der Waals surface area contributed by atoms with Crippen LogP contribution < -0.4 is 0 Å². The number of allylic oxidation sites excluding steroid dienone is 1. The van der Waals surface area contributed by atoms with E-state index in [2.05, 4.69) is 11.6 Å². The molecule has 0 bridgehead atoms. The number of cyclic esters (lactones) is 1.